The molecule has 0 aliphatic heterocycles. The summed E-state index contributed by atoms with van der Waals surface area (Å²) in [6.07, 6.45) is 2.02. The number of fused-ring (bicyclic) bond motifs is 1. The molecule has 0 amide bonds. The molecule has 1 aromatic carbocycles. The van der Waals surface area contributed by atoms with Crippen molar-refractivity contribution < 1.29 is 9.36 Å². The number of aryl methyl sites for hydroxylation is 1. The smallest absolute Gasteiger partial charge is 0.214 e. The van der Waals surface area contributed by atoms with E-state index in [1.807, 2.05) is 25.4 Å². The van der Waals surface area contributed by atoms with Gasteiger partial charge in [-0.3, -0.25) is 4.79 Å². The summed E-state index contributed by atoms with van der Waals surface area (Å²) in [4.78, 5) is 12.5. The number of nitrogens with one attached hydrogen (secondary N) is 1. The van der Waals surface area contributed by atoms with Gasteiger partial charge in [-0.1, -0.05) is 26.0 Å². The molecular weight excluding hydrogens is 268 g/mol. The van der Waals surface area contributed by atoms with E-state index >= 15 is 0 Å². The molecular formula is C16H21N2OS+. The molecule has 1 aromatic heterocycles. The lowest BCUT2D eigenvalue weighted by Gasteiger charge is -2.14. The highest BCUT2D eigenvalue weighted by atomic mass is 32.2. The highest BCUT2D eigenvalue weighted by molar-refractivity contribution is 8.13. The van der Waals surface area contributed by atoms with Gasteiger partial charge in [-0.15, -0.1) is 0 Å². The van der Waals surface area contributed by atoms with Crippen molar-refractivity contribution in [2.45, 2.75) is 25.7 Å². The standard InChI is InChI=1S/C16H20N2OS/c1-11(2)9-17-16-13-7-5-6-8-14(13)18(4)10-15(16)20-12(3)19/h5-8,10-11H,9H2,1-4H3/p+1. The molecule has 0 saturated carbocycles. The first-order chi connectivity index (χ1) is 9.49. The summed E-state index contributed by atoms with van der Waals surface area (Å²) < 4.78 is 2.07. The Bertz CT molecular complexity index is 638. The lowest BCUT2D eigenvalue weighted by atomic mass is 10.1. The van der Waals surface area contributed by atoms with Crippen molar-refractivity contribution in [3.05, 3.63) is 30.5 Å². The molecule has 1 heterocycles. The number of carbonyl (C=O) groups excluding carboxylic acids is 1. The zero-order chi connectivity index (χ0) is 14.7. The second kappa shape index (κ2) is 6.27. The molecule has 3 nitrogen and oxygen atoms in total. The summed E-state index contributed by atoms with van der Waals surface area (Å²) in [5, 5.41) is 4.76. The number of benzene rings is 1. The largest absolute Gasteiger partial charge is 0.383 e. The molecule has 0 aliphatic rings. The Hall–Kier alpha value is -1.55. The number of pyridine rings is 1. The third-order valence-electron chi connectivity index (χ3n) is 3.05. The number of aromatic nitrogens is 1. The van der Waals surface area contributed by atoms with E-state index in [0.29, 0.717) is 5.92 Å². The van der Waals surface area contributed by atoms with Gasteiger partial charge in [0, 0.05) is 19.5 Å². The lowest BCUT2D eigenvalue weighted by molar-refractivity contribution is -0.646. The highest BCUT2D eigenvalue weighted by Gasteiger charge is 2.17. The maximum atomic E-state index is 11.5. The Morgan fingerprint density at radius 2 is 2.05 bits per heavy atom. The number of para-hydroxylation sites is 1. The molecule has 0 fully saturated rings. The number of hydrogen-bond donors (Lipinski definition) is 1. The van der Waals surface area contributed by atoms with Gasteiger partial charge in [-0.05, 0) is 23.7 Å². The van der Waals surface area contributed by atoms with Crippen LogP contribution in [0.2, 0.25) is 0 Å². The molecule has 20 heavy (non-hydrogen) atoms. The van der Waals surface area contributed by atoms with E-state index in [9.17, 15) is 4.79 Å². The van der Waals surface area contributed by atoms with Crippen molar-refractivity contribution >= 4 is 33.5 Å². The fourth-order valence-electron chi connectivity index (χ4n) is 2.16. The van der Waals surface area contributed by atoms with Crippen LogP contribution in [0.3, 0.4) is 0 Å². The molecule has 2 aromatic rings. The molecule has 0 atom stereocenters. The van der Waals surface area contributed by atoms with Gasteiger partial charge in [-0.2, -0.15) is 4.57 Å². The van der Waals surface area contributed by atoms with Gasteiger partial charge in [0.05, 0.1) is 11.1 Å². The van der Waals surface area contributed by atoms with Crippen LogP contribution in [-0.2, 0) is 11.8 Å². The Labute approximate surface area is 124 Å². The monoisotopic (exact) mass is 289 g/mol. The number of thioether (sulfide) groups is 1. The topological polar surface area (TPSA) is 33.0 Å². The third kappa shape index (κ3) is 3.31. The zero-order valence-corrected chi connectivity index (χ0v) is 13.3. The summed E-state index contributed by atoms with van der Waals surface area (Å²) in [7, 11) is 2.01. The van der Waals surface area contributed by atoms with Gasteiger partial charge in [0.25, 0.3) is 0 Å². The van der Waals surface area contributed by atoms with Crippen molar-refractivity contribution in [1.29, 1.82) is 0 Å². The van der Waals surface area contributed by atoms with Crippen molar-refractivity contribution in [2.75, 3.05) is 11.9 Å². The van der Waals surface area contributed by atoms with E-state index in [1.54, 1.807) is 6.92 Å². The van der Waals surface area contributed by atoms with Crippen LogP contribution in [0.1, 0.15) is 20.8 Å². The van der Waals surface area contributed by atoms with E-state index < -0.39 is 0 Å². The average molecular weight is 289 g/mol. The fourth-order valence-corrected chi connectivity index (χ4v) is 2.96. The van der Waals surface area contributed by atoms with Gasteiger partial charge in [0.1, 0.15) is 11.9 Å². The Balaban J connectivity index is 2.57. The minimum absolute atomic E-state index is 0.105. The summed E-state index contributed by atoms with van der Waals surface area (Å²) in [5.74, 6) is 0.554. The SMILES string of the molecule is CC(=O)Sc1c[n+](C)c2ccccc2c1NCC(C)C. The van der Waals surface area contributed by atoms with Crippen LogP contribution >= 0.6 is 11.8 Å². The molecule has 0 saturated heterocycles. The molecule has 0 unspecified atom stereocenters. The van der Waals surface area contributed by atoms with Crippen LogP contribution in [0.4, 0.5) is 5.69 Å². The van der Waals surface area contributed by atoms with Crippen LogP contribution in [0.25, 0.3) is 10.9 Å². The number of rotatable bonds is 4. The number of nitrogens with zero attached hydrogens (tertiary/aromatic N) is 1. The molecule has 0 bridgehead atoms. The van der Waals surface area contributed by atoms with E-state index in [4.69, 9.17) is 0 Å². The van der Waals surface area contributed by atoms with E-state index in [2.05, 4.69) is 35.9 Å². The number of hydrogen-bond acceptors (Lipinski definition) is 3. The second-order valence-electron chi connectivity index (χ2n) is 5.36. The average Bonchev–Trinajstić information content (AvgIpc) is 2.37. The maximum absolute atomic E-state index is 11.5. The van der Waals surface area contributed by atoms with Crippen molar-refractivity contribution in [3.63, 3.8) is 0 Å². The van der Waals surface area contributed by atoms with Gasteiger partial charge in [0.15, 0.2) is 11.3 Å². The highest BCUT2D eigenvalue weighted by Crippen LogP contribution is 2.32. The van der Waals surface area contributed by atoms with Gasteiger partial charge < -0.3 is 5.32 Å². The molecule has 4 heteroatoms. The van der Waals surface area contributed by atoms with Crippen LogP contribution in [-0.4, -0.2) is 11.7 Å². The summed E-state index contributed by atoms with van der Waals surface area (Å²) in [5.41, 5.74) is 2.22. The third-order valence-corrected chi connectivity index (χ3v) is 3.87. The summed E-state index contributed by atoms with van der Waals surface area (Å²) >= 11 is 1.28. The van der Waals surface area contributed by atoms with Crippen molar-refractivity contribution in [3.8, 4) is 0 Å². The fraction of sp³-hybridized carbons (Fsp3) is 0.375. The molecule has 0 spiro atoms. The van der Waals surface area contributed by atoms with E-state index in [1.165, 1.54) is 11.8 Å². The number of anilines is 1. The maximum Gasteiger partial charge on any atom is 0.214 e. The zero-order valence-electron chi connectivity index (χ0n) is 12.4. The molecule has 0 radical (unpaired) electrons. The minimum Gasteiger partial charge on any atom is -0.383 e. The molecule has 0 aliphatic carbocycles. The Kier molecular flexibility index (Phi) is 4.65. The quantitative estimate of drug-likeness (QED) is 0.692. The normalized spacial score (nSPS) is 11.1. The second-order valence-corrected chi connectivity index (χ2v) is 6.58. The molecule has 1 N–H and O–H groups in total. The van der Waals surface area contributed by atoms with E-state index in [-0.39, 0.29) is 5.12 Å². The first kappa shape index (κ1) is 14.9. The summed E-state index contributed by atoms with van der Waals surface area (Å²) in [6, 6.07) is 8.26. The molecule has 2 rings (SSSR count). The van der Waals surface area contributed by atoms with Gasteiger partial charge in [-0.25, -0.2) is 0 Å². The van der Waals surface area contributed by atoms with E-state index in [0.717, 1.165) is 28.0 Å². The van der Waals surface area contributed by atoms with Crippen molar-refractivity contribution in [1.82, 2.24) is 0 Å². The lowest BCUT2D eigenvalue weighted by Crippen LogP contribution is -2.29. The first-order valence-electron chi connectivity index (χ1n) is 6.82. The Morgan fingerprint density at radius 1 is 1.35 bits per heavy atom. The van der Waals surface area contributed by atoms with Crippen LogP contribution in [0.5, 0.6) is 0 Å². The predicted molar refractivity (Wildman–Crippen MR) is 85.0 cm³/mol. The summed E-state index contributed by atoms with van der Waals surface area (Å²) in [6.45, 7) is 6.85. The molecule has 106 valence electrons. The predicted octanol–water partition coefficient (Wildman–Crippen LogP) is 3.37. The number of carbonyl (C=O) groups is 1. The first-order valence-corrected chi connectivity index (χ1v) is 7.64. The minimum atomic E-state index is 0.105. The van der Waals surface area contributed by atoms with Crippen LogP contribution in [0, 0.1) is 5.92 Å². The van der Waals surface area contributed by atoms with Gasteiger partial charge in [0.2, 0.25) is 5.52 Å². The van der Waals surface area contributed by atoms with Crippen molar-refractivity contribution in [2.24, 2.45) is 13.0 Å². The van der Waals surface area contributed by atoms with Crippen LogP contribution in [0.15, 0.2) is 35.4 Å². The van der Waals surface area contributed by atoms with Gasteiger partial charge >= 0.3 is 0 Å². The van der Waals surface area contributed by atoms with Crippen LogP contribution < -0.4 is 9.88 Å². The Morgan fingerprint density at radius 3 is 2.70 bits per heavy atom.